The summed E-state index contributed by atoms with van der Waals surface area (Å²) in [5.41, 5.74) is -1.42. The molecule has 0 unspecified atom stereocenters. The van der Waals surface area contributed by atoms with E-state index in [1.807, 2.05) is 0 Å². The van der Waals surface area contributed by atoms with Crippen LogP contribution in [0.4, 0.5) is 22.0 Å². The zero-order chi connectivity index (χ0) is 28.5. The number of imidazole rings is 1. The van der Waals surface area contributed by atoms with Crippen LogP contribution in [0.25, 0.3) is 28.2 Å². The summed E-state index contributed by atoms with van der Waals surface area (Å²) in [6, 6.07) is 7.28. The number of rotatable bonds is 9. The fraction of sp³-hybridized carbons (Fsp3) is 0.308. The van der Waals surface area contributed by atoms with Gasteiger partial charge in [-0.1, -0.05) is 13.8 Å². The highest BCUT2D eigenvalue weighted by Crippen LogP contribution is 2.50. The molecular formula is C26H25F5N3O4P. The van der Waals surface area contributed by atoms with E-state index in [1.165, 1.54) is 18.3 Å². The SMILES string of the molecule is CCOP(=O)(OCC)Oc1ccc(-c2c(C(F)(F)F)nc3cnc(-c4ccc(F)c(C(C)C)c4)cn23)c(F)c1. The number of hydrogen-bond donors (Lipinski definition) is 0. The first kappa shape index (κ1) is 28.7. The van der Waals surface area contributed by atoms with Gasteiger partial charge in [0.05, 0.1) is 30.8 Å². The minimum Gasteiger partial charge on any atom is -0.404 e. The van der Waals surface area contributed by atoms with Crippen molar-refractivity contribution in [2.75, 3.05) is 13.2 Å². The largest absolute Gasteiger partial charge is 0.530 e. The Bertz CT molecular complexity index is 1540. The number of alkyl halides is 3. The molecule has 0 aliphatic rings. The lowest BCUT2D eigenvalue weighted by atomic mass is 9.99. The Morgan fingerprint density at radius 3 is 2.28 bits per heavy atom. The molecular weight excluding hydrogens is 544 g/mol. The van der Waals surface area contributed by atoms with Crippen LogP contribution < -0.4 is 4.52 Å². The van der Waals surface area contributed by atoms with Crippen LogP contribution in [-0.2, 0) is 19.8 Å². The Morgan fingerprint density at radius 2 is 1.69 bits per heavy atom. The van der Waals surface area contributed by atoms with Crippen LogP contribution in [0, 0.1) is 11.6 Å². The number of nitrogens with zero attached hydrogens (tertiary/aromatic N) is 3. The number of hydrogen-bond acceptors (Lipinski definition) is 6. The summed E-state index contributed by atoms with van der Waals surface area (Å²) < 4.78 is 101. The van der Waals surface area contributed by atoms with Crippen LogP contribution in [0.3, 0.4) is 0 Å². The van der Waals surface area contributed by atoms with Gasteiger partial charge in [0.15, 0.2) is 11.3 Å². The van der Waals surface area contributed by atoms with E-state index in [2.05, 4.69) is 9.97 Å². The maximum absolute atomic E-state index is 15.3. The molecule has 208 valence electrons. The second-order valence-corrected chi connectivity index (χ2v) is 10.3. The van der Waals surface area contributed by atoms with E-state index in [0.717, 1.165) is 28.8 Å². The van der Waals surface area contributed by atoms with Gasteiger partial charge in [-0.2, -0.15) is 13.2 Å². The normalized spacial score (nSPS) is 12.5. The smallest absolute Gasteiger partial charge is 0.404 e. The number of phosphoric ester groups is 1. The number of aromatic nitrogens is 3. The standard InChI is InChI=1S/C26H25F5N3O4P/c1-5-36-39(35,37-6-2)38-17-8-9-18(21(28)12-17)24-25(26(29,30)31)33-23-13-32-22(14-34(23)24)16-7-10-20(27)19(11-16)15(3)4/h7-15H,5-6H2,1-4H3. The molecule has 0 radical (unpaired) electrons. The molecule has 0 fully saturated rings. The van der Waals surface area contributed by atoms with Crippen molar-refractivity contribution in [3.8, 4) is 28.3 Å². The summed E-state index contributed by atoms with van der Waals surface area (Å²) in [6.45, 7) is 6.69. The minimum atomic E-state index is -4.93. The van der Waals surface area contributed by atoms with Gasteiger partial charge in [0.1, 0.15) is 17.4 Å². The van der Waals surface area contributed by atoms with Crippen molar-refractivity contribution in [3.63, 3.8) is 0 Å². The Kier molecular flexibility index (Phi) is 8.11. The maximum Gasteiger partial charge on any atom is 0.530 e. The third kappa shape index (κ3) is 5.98. The Balaban J connectivity index is 1.85. The summed E-state index contributed by atoms with van der Waals surface area (Å²) >= 11 is 0. The van der Waals surface area contributed by atoms with Crippen molar-refractivity contribution in [3.05, 3.63) is 71.7 Å². The molecule has 13 heteroatoms. The van der Waals surface area contributed by atoms with Crippen LogP contribution in [0.15, 0.2) is 48.8 Å². The molecule has 0 N–H and O–H groups in total. The minimum absolute atomic E-state index is 0.0162. The van der Waals surface area contributed by atoms with Gasteiger partial charge in [0.2, 0.25) is 0 Å². The molecule has 39 heavy (non-hydrogen) atoms. The van der Waals surface area contributed by atoms with Gasteiger partial charge in [0.25, 0.3) is 0 Å². The fourth-order valence-electron chi connectivity index (χ4n) is 3.98. The van der Waals surface area contributed by atoms with Gasteiger partial charge in [-0.3, -0.25) is 18.4 Å². The summed E-state index contributed by atoms with van der Waals surface area (Å²) in [4.78, 5) is 7.86. The lowest BCUT2D eigenvalue weighted by Crippen LogP contribution is -2.08. The van der Waals surface area contributed by atoms with E-state index in [0.29, 0.717) is 11.1 Å². The van der Waals surface area contributed by atoms with Crippen molar-refractivity contribution in [1.29, 1.82) is 0 Å². The topological polar surface area (TPSA) is 75.0 Å². The summed E-state index contributed by atoms with van der Waals surface area (Å²) in [7, 11) is -4.07. The predicted molar refractivity (Wildman–Crippen MR) is 134 cm³/mol. The number of fused-ring (bicyclic) bond motifs is 1. The van der Waals surface area contributed by atoms with E-state index in [-0.39, 0.29) is 36.2 Å². The highest BCUT2D eigenvalue weighted by atomic mass is 31.2. The molecule has 7 nitrogen and oxygen atoms in total. The molecule has 4 rings (SSSR count). The van der Waals surface area contributed by atoms with Crippen molar-refractivity contribution in [1.82, 2.24) is 14.4 Å². The number of halogens is 5. The lowest BCUT2D eigenvalue weighted by molar-refractivity contribution is -0.140. The van der Waals surface area contributed by atoms with Crippen molar-refractivity contribution in [2.24, 2.45) is 0 Å². The van der Waals surface area contributed by atoms with Gasteiger partial charge < -0.3 is 4.52 Å². The third-order valence-corrected chi connectivity index (χ3v) is 7.26. The number of benzene rings is 2. The second-order valence-electron chi connectivity index (χ2n) is 8.71. The van der Waals surface area contributed by atoms with Gasteiger partial charge in [-0.15, -0.1) is 0 Å². The Labute approximate surface area is 221 Å². The molecule has 0 atom stereocenters. The average Bonchev–Trinajstić information content (AvgIpc) is 3.24. The molecule has 2 aromatic carbocycles. The molecule has 2 heterocycles. The molecule has 0 saturated carbocycles. The molecule has 0 spiro atoms. The van der Waals surface area contributed by atoms with E-state index < -0.39 is 42.6 Å². The van der Waals surface area contributed by atoms with Crippen LogP contribution in [0.1, 0.15) is 44.9 Å². The molecule has 0 aliphatic carbocycles. The third-order valence-electron chi connectivity index (χ3n) is 5.68. The van der Waals surface area contributed by atoms with Gasteiger partial charge in [-0.05, 0) is 55.7 Å². The van der Waals surface area contributed by atoms with Gasteiger partial charge >= 0.3 is 14.0 Å². The fourth-order valence-corrected chi connectivity index (χ4v) is 5.17. The van der Waals surface area contributed by atoms with E-state index in [1.54, 1.807) is 33.8 Å². The average molecular weight is 569 g/mol. The van der Waals surface area contributed by atoms with Gasteiger partial charge in [-0.25, -0.2) is 18.3 Å². The van der Waals surface area contributed by atoms with Crippen LogP contribution in [0.5, 0.6) is 5.75 Å². The van der Waals surface area contributed by atoms with E-state index in [9.17, 15) is 22.1 Å². The molecule has 4 aromatic rings. The molecule has 0 bridgehead atoms. The lowest BCUT2D eigenvalue weighted by Gasteiger charge is -2.17. The Morgan fingerprint density at radius 1 is 1.00 bits per heavy atom. The second kappa shape index (κ2) is 11.0. The van der Waals surface area contributed by atoms with Crippen LogP contribution >= 0.6 is 7.82 Å². The summed E-state index contributed by atoms with van der Waals surface area (Å²) in [6.07, 6.45) is -2.52. The molecule has 0 aliphatic heterocycles. The first-order valence-electron chi connectivity index (χ1n) is 12.0. The van der Waals surface area contributed by atoms with Gasteiger partial charge in [0, 0.05) is 23.4 Å². The summed E-state index contributed by atoms with van der Waals surface area (Å²) in [5, 5.41) is 0. The molecule has 0 amide bonds. The molecule has 0 saturated heterocycles. The van der Waals surface area contributed by atoms with Crippen molar-refractivity contribution in [2.45, 2.75) is 39.8 Å². The quantitative estimate of drug-likeness (QED) is 0.150. The highest BCUT2D eigenvalue weighted by Gasteiger charge is 2.39. The molecule has 2 aromatic heterocycles. The highest BCUT2D eigenvalue weighted by molar-refractivity contribution is 7.48. The Hall–Kier alpha value is -3.34. The predicted octanol–water partition coefficient (Wildman–Crippen LogP) is 8.04. The first-order valence-corrected chi connectivity index (χ1v) is 13.5. The van der Waals surface area contributed by atoms with Crippen LogP contribution in [0.2, 0.25) is 0 Å². The van der Waals surface area contributed by atoms with Crippen molar-refractivity contribution < 1.29 is 40.1 Å². The number of phosphoric acid groups is 1. The van der Waals surface area contributed by atoms with E-state index >= 15 is 4.39 Å². The monoisotopic (exact) mass is 569 g/mol. The zero-order valence-electron chi connectivity index (χ0n) is 21.4. The van der Waals surface area contributed by atoms with E-state index in [4.69, 9.17) is 13.6 Å². The summed E-state index contributed by atoms with van der Waals surface area (Å²) in [5.74, 6) is -1.93. The maximum atomic E-state index is 15.3. The van der Waals surface area contributed by atoms with Crippen molar-refractivity contribution >= 4 is 13.5 Å². The first-order chi connectivity index (χ1) is 18.4. The zero-order valence-corrected chi connectivity index (χ0v) is 22.3. The van der Waals surface area contributed by atoms with Crippen LogP contribution in [-0.4, -0.2) is 27.6 Å².